The molecule has 1 spiro atoms. The van der Waals surface area contributed by atoms with Gasteiger partial charge in [0.2, 0.25) is 11.8 Å². The quantitative estimate of drug-likeness (QED) is 0.819. The molecule has 0 radical (unpaired) electrons. The number of aromatic nitrogens is 1. The van der Waals surface area contributed by atoms with Crippen LogP contribution in [-0.4, -0.2) is 59.6 Å². The largest absolute Gasteiger partial charge is 0.381 e. The van der Waals surface area contributed by atoms with Crippen molar-refractivity contribution in [1.82, 2.24) is 15.0 Å². The molecule has 2 amide bonds. The zero-order valence-electron chi connectivity index (χ0n) is 15.6. The summed E-state index contributed by atoms with van der Waals surface area (Å²) < 4.78 is 10.6. The lowest BCUT2D eigenvalue weighted by Gasteiger charge is -2.39. The van der Waals surface area contributed by atoms with E-state index in [1.54, 1.807) is 0 Å². The van der Waals surface area contributed by atoms with Crippen LogP contribution in [-0.2, 0) is 20.9 Å². The van der Waals surface area contributed by atoms with Crippen LogP contribution in [0.2, 0.25) is 0 Å². The smallest absolute Gasteiger partial charge is 0.228 e. The van der Waals surface area contributed by atoms with Crippen LogP contribution in [0.15, 0.2) is 4.52 Å². The number of ether oxygens (including phenoxy) is 1. The van der Waals surface area contributed by atoms with Crippen LogP contribution >= 0.6 is 0 Å². The highest BCUT2D eigenvalue weighted by atomic mass is 16.5. The van der Waals surface area contributed by atoms with Crippen molar-refractivity contribution in [3.05, 3.63) is 17.0 Å². The topological polar surface area (TPSA) is 75.9 Å². The van der Waals surface area contributed by atoms with Gasteiger partial charge in [-0.3, -0.25) is 9.59 Å². The van der Waals surface area contributed by atoms with Gasteiger partial charge in [0.25, 0.3) is 0 Å². The van der Waals surface area contributed by atoms with E-state index in [9.17, 15) is 9.59 Å². The van der Waals surface area contributed by atoms with Crippen molar-refractivity contribution in [2.24, 2.45) is 11.3 Å². The van der Waals surface area contributed by atoms with Crippen molar-refractivity contribution in [2.75, 3.05) is 32.8 Å². The van der Waals surface area contributed by atoms with Crippen molar-refractivity contribution in [1.29, 1.82) is 0 Å². The molecule has 4 rings (SSSR count). The highest BCUT2D eigenvalue weighted by Crippen LogP contribution is 2.42. The number of aryl methyl sites for hydroxylation is 2. The van der Waals surface area contributed by atoms with Gasteiger partial charge in [0.15, 0.2) is 0 Å². The number of amides is 2. The molecule has 3 fully saturated rings. The Kier molecular flexibility index (Phi) is 4.50. The standard InChI is InChI=1S/C19H27N3O4/c1-13-16(14(2)26-20-13)10-22-12-19(9-17(22)23)4-6-21(7-5-19)18(24)15-3-8-25-11-15/h15H,3-12H2,1-2H3/t15-/m1/s1. The molecule has 1 atom stereocenters. The Balaban J connectivity index is 1.37. The second-order valence-corrected chi connectivity index (χ2v) is 8.12. The van der Waals surface area contributed by atoms with Gasteiger partial charge < -0.3 is 19.1 Å². The highest BCUT2D eigenvalue weighted by Gasteiger charge is 2.46. The zero-order valence-corrected chi connectivity index (χ0v) is 15.6. The van der Waals surface area contributed by atoms with Crippen LogP contribution < -0.4 is 0 Å². The number of carbonyl (C=O) groups excluding carboxylic acids is 2. The van der Waals surface area contributed by atoms with Gasteiger partial charge in [0.05, 0.1) is 24.8 Å². The van der Waals surface area contributed by atoms with E-state index in [2.05, 4.69) is 5.16 Å². The lowest BCUT2D eigenvalue weighted by atomic mass is 9.77. The average molecular weight is 361 g/mol. The van der Waals surface area contributed by atoms with E-state index in [4.69, 9.17) is 9.26 Å². The van der Waals surface area contributed by atoms with Gasteiger partial charge >= 0.3 is 0 Å². The maximum Gasteiger partial charge on any atom is 0.228 e. The monoisotopic (exact) mass is 361 g/mol. The Bertz CT molecular complexity index is 680. The fourth-order valence-electron chi connectivity index (χ4n) is 4.57. The predicted octanol–water partition coefficient (Wildman–Crippen LogP) is 1.67. The molecule has 1 aromatic heterocycles. The number of nitrogens with zero attached hydrogens (tertiary/aromatic N) is 3. The van der Waals surface area contributed by atoms with Gasteiger partial charge in [-0.05, 0) is 33.1 Å². The normalized spacial score (nSPS) is 25.5. The van der Waals surface area contributed by atoms with E-state index >= 15 is 0 Å². The lowest BCUT2D eigenvalue weighted by molar-refractivity contribution is -0.137. The summed E-state index contributed by atoms with van der Waals surface area (Å²) in [5.41, 5.74) is 1.89. The minimum absolute atomic E-state index is 0.0129. The van der Waals surface area contributed by atoms with Gasteiger partial charge in [-0.15, -0.1) is 0 Å². The van der Waals surface area contributed by atoms with E-state index in [1.165, 1.54) is 0 Å². The number of hydrogen-bond acceptors (Lipinski definition) is 5. The number of likely N-dealkylation sites (tertiary alicyclic amines) is 2. The van der Waals surface area contributed by atoms with Crippen molar-refractivity contribution in [3.8, 4) is 0 Å². The van der Waals surface area contributed by atoms with Gasteiger partial charge in [0, 0.05) is 43.6 Å². The van der Waals surface area contributed by atoms with Crippen LogP contribution in [0.3, 0.4) is 0 Å². The Hall–Kier alpha value is -1.89. The molecule has 1 aromatic rings. The molecule has 7 heteroatoms. The molecular weight excluding hydrogens is 334 g/mol. The maximum atomic E-state index is 12.6. The first-order chi connectivity index (χ1) is 12.5. The summed E-state index contributed by atoms with van der Waals surface area (Å²) in [6, 6.07) is 0. The average Bonchev–Trinajstić information content (AvgIpc) is 3.33. The summed E-state index contributed by atoms with van der Waals surface area (Å²) in [5.74, 6) is 1.25. The van der Waals surface area contributed by atoms with Crippen molar-refractivity contribution < 1.29 is 18.8 Å². The molecule has 3 aliphatic rings. The van der Waals surface area contributed by atoms with Gasteiger partial charge in [0.1, 0.15) is 5.76 Å². The molecule has 0 aromatic carbocycles. The summed E-state index contributed by atoms with van der Waals surface area (Å²) in [4.78, 5) is 29.1. The summed E-state index contributed by atoms with van der Waals surface area (Å²) in [7, 11) is 0. The van der Waals surface area contributed by atoms with E-state index in [0.717, 1.165) is 55.9 Å². The second-order valence-electron chi connectivity index (χ2n) is 8.12. The van der Waals surface area contributed by atoms with E-state index < -0.39 is 0 Å². The highest BCUT2D eigenvalue weighted by molar-refractivity contribution is 5.81. The van der Waals surface area contributed by atoms with Crippen molar-refractivity contribution in [2.45, 2.75) is 46.1 Å². The molecular formula is C19H27N3O4. The number of rotatable bonds is 3. The Morgan fingerprint density at radius 3 is 2.69 bits per heavy atom. The molecule has 3 aliphatic heterocycles. The van der Waals surface area contributed by atoms with Crippen LogP contribution in [0.5, 0.6) is 0 Å². The summed E-state index contributed by atoms with van der Waals surface area (Å²) in [5, 5.41) is 3.99. The van der Waals surface area contributed by atoms with Gasteiger partial charge in [-0.2, -0.15) is 0 Å². The first-order valence-corrected chi connectivity index (χ1v) is 9.53. The Morgan fingerprint density at radius 2 is 2.08 bits per heavy atom. The molecule has 0 saturated carbocycles. The van der Waals surface area contributed by atoms with Crippen LogP contribution in [0.25, 0.3) is 0 Å². The summed E-state index contributed by atoms with van der Waals surface area (Å²) >= 11 is 0. The second kappa shape index (κ2) is 6.68. The molecule has 26 heavy (non-hydrogen) atoms. The van der Waals surface area contributed by atoms with Gasteiger partial charge in [-0.1, -0.05) is 5.16 Å². The zero-order chi connectivity index (χ0) is 18.3. The van der Waals surface area contributed by atoms with E-state index in [1.807, 2.05) is 23.6 Å². The third-order valence-corrected chi connectivity index (χ3v) is 6.35. The molecule has 142 valence electrons. The van der Waals surface area contributed by atoms with Crippen LogP contribution in [0.1, 0.15) is 42.7 Å². The van der Waals surface area contributed by atoms with E-state index in [0.29, 0.717) is 26.2 Å². The fraction of sp³-hybridized carbons (Fsp3) is 0.737. The SMILES string of the molecule is Cc1noc(C)c1CN1CC2(CCN(C(=O)[C@@H]3CCOC3)CC2)CC1=O. The van der Waals surface area contributed by atoms with Crippen LogP contribution in [0.4, 0.5) is 0 Å². The first-order valence-electron chi connectivity index (χ1n) is 9.53. The minimum atomic E-state index is 0.0129. The lowest BCUT2D eigenvalue weighted by Crippen LogP contribution is -2.46. The number of carbonyl (C=O) groups is 2. The number of piperidine rings is 1. The summed E-state index contributed by atoms with van der Waals surface area (Å²) in [6.07, 6.45) is 3.22. The third kappa shape index (κ3) is 3.13. The molecule has 7 nitrogen and oxygen atoms in total. The fourth-order valence-corrected chi connectivity index (χ4v) is 4.57. The first kappa shape index (κ1) is 17.5. The Morgan fingerprint density at radius 1 is 1.31 bits per heavy atom. The van der Waals surface area contributed by atoms with Crippen molar-refractivity contribution in [3.63, 3.8) is 0 Å². The predicted molar refractivity (Wildman–Crippen MR) is 93.2 cm³/mol. The molecule has 4 heterocycles. The Labute approximate surface area is 153 Å². The molecule has 0 aliphatic carbocycles. The minimum Gasteiger partial charge on any atom is -0.381 e. The molecule has 0 bridgehead atoms. The third-order valence-electron chi connectivity index (χ3n) is 6.35. The maximum absolute atomic E-state index is 12.6. The van der Waals surface area contributed by atoms with Crippen molar-refractivity contribution >= 4 is 11.8 Å². The van der Waals surface area contributed by atoms with Crippen LogP contribution in [0, 0.1) is 25.2 Å². The molecule has 0 unspecified atom stereocenters. The number of hydrogen-bond donors (Lipinski definition) is 0. The molecule has 0 N–H and O–H groups in total. The van der Waals surface area contributed by atoms with Gasteiger partial charge in [-0.25, -0.2) is 0 Å². The molecule has 3 saturated heterocycles. The van der Waals surface area contributed by atoms with E-state index in [-0.39, 0.29) is 23.1 Å². The summed E-state index contributed by atoms with van der Waals surface area (Å²) in [6.45, 7) is 7.91.